The molecule has 0 radical (unpaired) electrons. The van der Waals surface area contributed by atoms with Crippen molar-refractivity contribution in [3.8, 4) is 0 Å². The van der Waals surface area contributed by atoms with Gasteiger partial charge in [0.1, 0.15) is 5.58 Å². The average Bonchev–Trinajstić information content (AvgIpc) is 3.22. The molecule has 3 heterocycles. The molecule has 2 fully saturated rings. The highest BCUT2D eigenvalue weighted by atomic mass is 16.4. The summed E-state index contributed by atoms with van der Waals surface area (Å²) in [6.45, 7) is 6.50. The van der Waals surface area contributed by atoms with Crippen LogP contribution in [0, 0.1) is 5.92 Å². The summed E-state index contributed by atoms with van der Waals surface area (Å²) in [6, 6.07) is 7.76. The number of amides is 1. The van der Waals surface area contributed by atoms with Crippen LogP contribution in [-0.4, -0.2) is 41.9 Å². The van der Waals surface area contributed by atoms with Gasteiger partial charge in [0, 0.05) is 37.0 Å². The number of aryl methyl sites for hydroxylation is 1. The van der Waals surface area contributed by atoms with Crippen LogP contribution in [0.4, 0.5) is 0 Å². The molecule has 4 rings (SSSR count). The van der Waals surface area contributed by atoms with E-state index in [0.29, 0.717) is 11.5 Å². The number of hydrogen-bond acceptors (Lipinski definition) is 4. The van der Waals surface area contributed by atoms with Gasteiger partial charge in [0.15, 0.2) is 0 Å². The summed E-state index contributed by atoms with van der Waals surface area (Å²) in [7, 11) is 0. The van der Waals surface area contributed by atoms with Crippen molar-refractivity contribution in [1.29, 1.82) is 0 Å². The van der Waals surface area contributed by atoms with Crippen LogP contribution in [0.3, 0.4) is 0 Å². The van der Waals surface area contributed by atoms with Gasteiger partial charge < -0.3 is 9.32 Å². The third-order valence-corrected chi connectivity index (χ3v) is 6.05. The lowest BCUT2D eigenvalue weighted by Crippen LogP contribution is -2.41. The van der Waals surface area contributed by atoms with Gasteiger partial charge in [-0.15, -0.1) is 0 Å². The Morgan fingerprint density at radius 3 is 2.56 bits per heavy atom. The number of benzene rings is 1. The number of fused-ring (bicyclic) bond motifs is 1. The third-order valence-electron chi connectivity index (χ3n) is 6.05. The molecule has 0 bridgehead atoms. The molecule has 1 aromatic carbocycles. The molecule has 0 aliphatic carbocycles. The molecule has 144 valence electrons. The number of likely N-dealkylation sites (tertiary alicyclic amines) is 2. The van der Waals surface area contributed by atoms with Crippen molar-refractivity contribution in [3.05, 3.63) is 45.8 Å². The Bertz CT molecular complexity index is 875. The van der Waals surface area contributed by atoms with Gasteiger partial charge in [-0.1, -0.05) is 19.1 Å². The number of carbonyl (C=O) groups excluding carboxylic acids is 1. The molecule has 1 aromatic heterocycles. The van der Waals surface area contributed by atoms with Crippen molar-refractivity contribution in [2.45, 2.75) is 45.6 Å². The monoisotopic (exact) mass is 368 g/mol. The van der Waals surface area contributed by atoms with E-state index in [9.17, 15) is 9.59 Å². The molecule has 0 unspecified atom stereocenters. The molecule has 0 atom stereocenters. The Labute approximate surface area is 159 Å². The van der Waals surface area contributed by atoms with Crippen molar-refractivity contribution in [1.82, 2.24) is 9.80 Å². The predicted molar refractivity (Wildman–Crippen MR) is 106 cm³/mol. The van der Waals surface area contributed by atoms with Crippen LogP contribution in [-0.2, 0) is 17.8 Å². The zero-order valence-electron chi connectivity index (χ0n) is 16.1. The molecular formula is C22H28N2O3. The third kappa shape index (κ3) is 3.93. The van der Waals surface area contributed by atoms with Gasteiger partial charge in [-0.25, -0.2) is 4.79 Å². The zero-order chi connectivity index (χ0) is 18.8. The highest BCUT2D eigenvalue weighted by Gasteiger charge is 2.29. The molecule has 1 amide bonds. The first-order chi connectivity index (χ1) is 13.1. The van der Waals surface area contributed by atoms with Crippen LogP contribution >= 0.6 is 0 Å². The highest BCUT2D eigenvalue weighted by Crippen LogP contribution is 2.25. The average molecular weight is 368 g/mol. The van der Waals surface area contributed by atoms with E-state index in [1.165, 1.54) is 5.56 Å². The minimum absolute atomic E-state index is 0.170. The summed E-state index contributed by atoms with van der Waals surface area (Å²) in [5.74, 6) is 0.522. The summed E-state index contributed by atoms with van der Waals surface area (Å²) >= 11 is 0. The van der Waals surface area contributed by atoms with Crippen LogP contribution in [0.1, 0.15) is 43.7 Å². The molecule has 27 heavy (non-hydrogen) atoms. The summed E-state index contributed by atoms with van der Waals surface area (Å²) in [4.78, 5) is 29.0. The molecule has 2 aliphatic heterocycles. The normalized spacial score (nSPS) is 19.1. The molecule has 0 spiro atoms. The number of carbonyl (C=O) groups is 1. The second-order valence-corrected chi connectivity index (χ2v) is 7.86. The quantitative estimate of drug-likeness (QED) is 0.778. The first-order valence-electron chi connectivity index (χ1n) is 10.2. The molecule has 2 saturated heterocycles. The highest BCUT2D eigenvalue weighted by molar-refractivity contribution is 5.81. The Hall–Kier alpha value is -2.14. The molecule has 2 aromatic rings. The van der Waals surface area contributed by atoms with Crippen LogP contribution in [0.15, 0.2) is 33.5 Å². The van der Waals surface area contributed by atoms with Gasteiger partial charge in [-0.05, 0) is 62.4 Å². The minimum atomic E-state index is -0.287. The Morgan fingerprint density at radius 2 is 1.85 bits per heavy atom. The van der Waals surface area contributed by atoms with Crippen molar-refractivity contribution in [2.75, 3.05) is 26.2 Å². The fraction of sp³-hybridized carbons (Fsp3) is 0.545. The Balaban J connectivity index is 1.44. The first kappa shape index (κ1) is 18.2. The second-order valence-electron chi connectivity index (χ2n) is 7.86. The van der Waals surface area contributed by atoms with E-state index in [0.717, 1.165) is 75.8 Å². The predicted octanol–water partition coefficient (Wildman–Crippen LogP) is 3.19. The summed E-state index contributed by atoms with van der Waals surface area (Å²) < 4.78 is 5.42. The summed E-state index contributed by atoms with van der Waals surface area (Å²) in [5.41, 5.74) is 2.58. The van der Waals surface area contributed by atoms with E-state index >= 15 is 0 Å². The van der Waals surface area contributed by atoms with Crippen LogP contribution < -0.4 is 5.63 Å². The second kappa shape index (κ2) is 7.85. The van der Waals surface area contributed by atoms with Crippen molar-refractivity contribution >= 4 is 16.9 Å². The van der Waals surface area contributed by atoms with Gasteiger partial charge in [0.05, 0.1) is 0 Å². The van der Waals surface area contributed by atoms with Gasteiger partial charge in [0.25, 0.3) is 0 Å². The van der Waals surface area contributed by atoms with Gasteiger partial charge in [-0.2, -0.15) is 0 Å². The largest absolute Gasteiger partial charge is 0.423 e. The van der Waals surface area contributed by atoms with Gasteiger partial charge >= 0.3 is 5.63 Å². The van der Waals surface area contributed by atoms with Crippen LogP contribution in [0.2, 0.25) is 0 Å². The van der Waals surface area contributed by atoms with E-state index in [-0.39, 0.29) is 11.5 Å². The maximum atomic E-state index is 12.6. The van der Waals surface area contributed by atoms with E-state index in [4.69, 9.17) is 4.42 Å². The zero-order valence-corrected chi connectivity index (χ0v) is 16.1. The topological polar surface area (TPSA) is 53.8 Å². The van der Waals surface area contributed by atoms with Crippen LogP contribution in [0.25, 0.3) is 11.0 Å². The van der Waals surface area contributed by atoms with E-state index in [2.05, 4.69) is 24.0 Å². The van der Waals surface area contributed by atoms with Crippen molar-refractivity contribution in [2.24, 2.45) is 5.92 Å². The fourth-order valence-electron chi connectivity index (χ4n) is 4.40. The number of nitrogens with zero attached hydrogens (tertiary/aromatic N) is 2. The lowest BCUT2D eigenvalue weighted by molar-refractivity contribution is -0.136. The maximum Gasteiger partial charge on any atom is 0.336 e. The lowest BCUT2D eigenvalue weighted by Gasteiger charge is -2.33. The molecule has 0 saturated carbocycles. The Kier molecular flexibility index (Phi) is 5.30. The molecule has 0 N–H and O–H groups in total. The van der Waals surface area contributed by atoms with Gasteiger partial charge in [-0.3, -0.25) is 9.69 Å². The minimum Gasteiger partial charge on any atom is -0.423 e. The fourth-order valence-corrected chi connectivity index (χ4v) is 4.40. The maximum absolute atomic E-state index is 12.6. The molecule has 5 nitrogen and oxygen atoms in total. The smallest absolute Gasteiger partial charge is 0.336 e. The SMILES string of the molecule is CCc1ccc2c(CN3CCC(C(=O)N4CCCC4)CC3)cc(=O)oc2c1. The summed E-state index contributed by atoms with van der Waals surface area (Å²) in [6.07, 6.45) is 5.04. The van der Waals surface area contributed by atoms with E-state index < -0.39 is 0 Å². The molecule has 5 heteroatoms. The van der Waals surface area contributed by atoms with E-state index in [1.807, 2.05) is 11.0 Å². The summed E-state index contributed by atoms with van der Waals surface area (Å²) in [5, 5.41) is 1.02. The number of hydrogen-bond donors (Lipinski definition) is 0. The van der Waals surface area contributed by atoms with Crippen LogP contribution in [0.5, 0.6) is 0 Å². The molecular weight excluding hydrogens is 340 g/mol. The molecule has 2 aliphatic rings. The lowest BCUT2D eigenvalue weighted by atomic mass is 9.94. The first-order valence-corrected chi connectivity index (χ1v) is 10.2. The number of piperidine rings is 1. The van der Waals surface area contributed by atoms with Gasteiger partial charge in [0.2, 0.25) is 5.91 Å². The van der Waals surface area contributed by atoms with Crippen molar-refractivity contribution < 1.29 is 9.21 Å². The number of rotatable bonds is 4. The van der Waals surface area contributed by atoms with E-state index in [1.54, 1.807) is 6.07 Å². The standard InChI is InChI=1S/C22H28N2O3/c1-2-16-5-6-19-18(14-21(25)27-20(19)13-16)15-23-11-7-17(8-12-23)22(26)24-9-3-4-10-24/h5-6,13-14,17H,2-4,7-12,15H2,1H3. The van der Waals surface area contributed by atoms with Crippen molar-refractivity contribution in [3.63, 3.8) is 0 Å². The Morgan fingerprint density at radius 1 is 1.11 bits per heavy atom.